The molecular formula is C17H25NO5S. The SMILES string of the molecule is CC(C)(C)OC(=O)N[C@@H](CC(=O)c1ccsc1)C(=O)OC(C)(C)C. The molecular weight excluding hydrogens is 330 g/mol. The summed E-state index contributed by atoms with van der Waals surface area (Å²) in [7, 11) is 0. The van der Waals surface area contributed by atoms with Crippen LogP contribution in [0.5, 0.6) is 0 Å². The van der Waals surface area contributed by atoms with Crippen LogP contribution in [0, 0.1) is 0 Å². The molecule has 0 saturated heterocycles. The van der Waals surface area contributed by atoms with Crippen molar-refractivity contribution in [3.05, 3.63) is 22.4 Å². The van der Waals surface area contributed by atoms with Crippen molar-refractivity contribution in [2.24, 2.45) is 0 Å². The number of alkyl carbamates (subject to hydrolysis) is 1. The largest absolute Gasteiger partial charge is 0.458 e. The first-order valence-corrected chi connectivity index (χ1v) is 8.59. The van der Waals surface area contributed by atoms with E-state index in [-0.39, 0.29) is 12.2 Å². The van der Waals surface area contributed by atoms with Crippen molar-refractivity contribution >= 4 is 29.2 Å². The van der Waals surface area contributed by atoms with Crippen LogP contribution in [0.25, 0.3) is 0 Å². The van der Waals surface area contributed by atoms with Gasteiger partial charge in [-0.1, -0.05) is 0 Å². The molecule has 1 aromatic heterocycles. The molecule has 1 rings (SSSR count). The zero-order valence-electron chi connectivity index (χ0n) is 15.0. The number of ketones is 1. The Kier molecular flexibility index (Phi) is 6.54. The van der Waals surface area contributed by atoms with E-state index in [0.29, 0.717) is 5.56 Å². The van der Waals surface area contributed by atoms with Gasteiger partial charge in [0.25, 0.3) is 0 Å². The predicted molar refractivity (Wildman–Crippen MR) is 92.3 cm³/mol. The normalized spacial score (nSPS) is 13.1. The molecule has 7 heteroatoms. The number of hydrogen-bond donors (Lipinski definition) is 1. The maximum Gasteiger partial charge on any atom is 0.408 e. The molecule has 1 atom stereocenters. The van der Waals surface area contributed by atoms with Gasteiger partial charge in [-0.3, -0.25) is 4.79 Å². The molecule has 24 heavy (non-hydrogen) atoms. The minimum Gasteiger partial charge on any atom is -0.458 e. The number of esters is 1. The molecule has 0 aliphatic heterocycles. The molecule has 0 fully saturated rings. The smallest absolute Gasteiger partial charge is 0.408 e. The Morgan fingerprint density at radius 1 is 1.08 bits per heavy atom. The van der Waals surface area contributed by atoms with Crippen molar-refractivity contribution in [3.63, 3.8) is 0 Å². The number of amides is 1. The van der Waals surface area contributed by atoms with Crippen molar-refractivity contribution in [1.82, 2.24) is 5.32 Å². The maximum absolute atomic E-state index is 12.3. The van der Waals surface area contributed by atoms with Gasteiger partial charge < -0.3 is 14.8 Å². The maximum atomic E-state index is 12.3. The van der Waals surface area contributed by atoms with Gasteiger partial charge in [0.05, 0.1) is 0 Å². The monoisotopic (exact) mass is 355 g/mol. The van der Waals surface area contributed by atoms with E-state index < -0.39 is 29.3 Å². The quantitative estimate of drug-likeness (QED) is 0.645. The van der Waals surface area contributed by atoms with Crippen LogP contribution in [0.4, 0.5) is 4.79 Å². The summed E-state index contributed by atoms with van der Waals surface area (Å²) in [5, 5.41) is 5.91. The van der Waals surface area contributed by atoms with Gasteiger partial charge in [-0.2, -0.15) is 11.3 Å². The van der Waals surface area contributed by atoms with Crippen LogP contribution in [0.3, 0.4) is 0 Å². The Balaban J connectivity index is 2.84. The number of hydrogen-bond acceptors (Lipinski definition) is 6. The zero-order valence-corrected chi connectivity index (χ0v) is 15.8. The van der Waals surface area contributed by atoms with E-state index in [2.05, 4.69) is 5.32 Å². The van der Waals surface area contributed by atoms with Crippen LogP contribution in [0.15, 0.2) is 16.8 Å². The molecule has 134 valence electrons. The summed E-state index contributed by atoms with van der Waals surface area (Å²) in [6.45, 7) is 10.3. The van der Waals surface area contributed by atoms with E-state index in [1.807, 2.05) is 0 Å². The minimum atomic E-state index is -1.11. The first kappa shape index (κ1) is 20.2. The van der Waals surface area contributed by atoms with Gasteiger partial charge in [0.1, 0.15) is 17.2 Å². The molecule has 0 spiro atoms. The van der Waals surface area contributed by atoms with E-state index in [9.17, 15) is 14.4 Å². The van der Waals surface area contributed by atoms with Gasteiger partial charge in [-0.05, 0) is 53.0 Å². The highest BCUT2D eigenvalue weighted by Gasteiger charge is 2.30. The Bertz CT molecular complexity index is 581. The fourth-order valence-corrected chi connectivity index (χ4v) is 2.40. The third-order valence-electron chi connectivity index (χ3n) is 2.61. The first-order valence-electron chi connectivity index (χ1n) is 7.65. The van der Waals surface area contributed by atoms with Crippen LogP contribution in [0.2, 0.25) is 0 Å². The van der Waals surface area contributed by atoms with Gasteiger partial charge >= 0.3 is 12.1 Å². The van der Waals surface area contributed by atoms with Gasteiger partial charge in [-0.15, -0.1) is 0 Å². The summed E-state index contributed by atoms with van der Waals surface area (Å²) in [6.07, 6.45) is -0.957. The van der Waals surface area contributed by atoms with Crippen LogP contribution in [-0.4, -0.2) is 35.1 Å². The number of ether oxygens (including phenoxy) is 2. The van der Waals surface area contributed by atoms with Crippen LogP contribution >= 0.6 is 11.3 Å². The summed E-state index contributed by atoms with van der Waals surface area (Å²) in [5.74, 6) is -0.917. The number of carbonyl (C=O) groups is 3. The lowest BCUT2D eigenvalue weighted by molar-refractivity contribution is -0.157. The Morgan fingerprint density at radius 2 is 1.67 bits per heavy atom. The second kappa shape index (κ2) is 7.79. The second-order valence-corrected chi connectivity index (χ2v) is 8.15. The molecule has 0 unspecified atom stereocenters. The molecule has 0 bridgehead atoms. The number of Topliss-reactive ketones (excluding diaryl/α,β-unsaturated/α-hetero) is 1. The molecule has 0 saturated carbocycles. The van der Waals surface area contributed by atoms with Crippen LogP contribution < -0.4 is 5.32 Å². The van der Waals surface area contributed by atoms with E-state index in [1.165, 1.54) is 11.3 Å². The molecule has 0 aromatic carbocycles. The third kappa shape index (κ3) is 7.59. The van der Waals surface area contributed by atoms with Gasteiger partial charge in [0, 0.05) is 17.4 Å². The Hall–Kier alpha value is -1.89. The van der Waals surface area contributed by atoms with Crippen molar-refractivity contribution < 1.29 is 23.9 Å². The lowest BCUT2D eigenvalue weighted by Crippen LogP contribution is -2.47. The molecule has 0 radical (unpaired) electrons. The molecule has 1 N–H and O–H groups in total. The lowest BCUT2D eigenvalue weighted by atomic mass is 10.1. The first-order chi connectivity index (χ1) is 10.9. The van der Waals surface area contributed by atoms with E-state index >= 15 is 0 Å². The zero-order chi connectivity index (χ0) is 18.5. The second-order valence-electron chi connectivity index (χ2n) is 7.37. The van der Waals surface area contributed by atoms with Gasteiger partial charge in [0.2, 0.25) is 0 Å². The highest BCUT2D eigenvalue weighted by atomic mass is 32.1. The fraction of sp³-hybridized carbons (Fsp3) is 0.588. The van der Waals surface area contributed by atoms with Crippen LogP contribution in [-0.2, 0) is 14.3 Å². The molecule has 0 aliphatic carbocycles. The molecule has 1 aromatic rings. The van der Waals surface area contributed by atoms with E-state index in [0.717, 1.165) is 0 Å². The van der Waals surface area contributed by atoms with Crippen molar-refractivity contribution in [2.45, 2.75) is 65.2 Å². The molecule has 1 heterocycles. The van der Waals surface area contributed by atoms with Crippen molar-refractivity contribution in [1.29, 1.82) is 0 Å². The molecule has 0 aliphatic rings. The highest BCUT2D eigenvalue weighted by Crippen LogP contribution is 2.15. The fourth-order valence-electron chi connectivity index (χ4n) is 1.74. The standard InChI is InChI=1S/C17H25NO5S/c1-16(2,3)22-14(20)12(18-15(21)23-17(4,5)6)9-13(19)11-7-8-24-10-11/h7-8,10,12H,9H2,1-6H3,(H,18,21)/t12-/m0/s1. The Labute approximate surface area is 146 Å². The summed E-state index contributed by atoms with van der Waals surface area (Å²) >= 11 is 1.39. The van der Waals surface area contributed by atoms with Crippen molar-refractivity contribution in [3.8, 4) is 0 Å². The average molecular weight is 355 g/mol. The number of thiophene rings is 1. The van der Waals surface area contributed by atoms with Crippen molar-refractivity contribution in [2.75, 3.05) is 0 Å². The number of carbonyl (C=O) groups excluding carboxylic acids is 3. The molecule has 6 nitrogen and oxygen atoms in total. The summed E-state index contributed by atoms with van der Waals surface area (Å²) in [5.41, 5.74) is -0.935. The predicted octanol–water partition coefficient (Wildman–Crippen LogP) is 3.56. The van der Waals surface area contributed by atoms with E-state index in [1.54, 1.807) is 58.4 Å². The number of nitrogens with one attached hydrogen (secondary N) is 1. The van der Waals surface area contributed by atoms with Gasteiger partial charge in [-0.25, -0.2) is 9.59 Å². The molecule has 1 amide bonds. The van der Waals surface area contributed by atoms with Gasteiger partial charge in [0.15, 0.2) is 5.78 Å². The summed E-state index contributed by atoms with van der Waals surface area (Å²) in [6, 6.07) is 0.568. The number of rotatable bonds is 5. The topological polar surface area (TPSA) is 81.7 Å². The van der Waals surface area contributed by atoms with Crippen LogP contribution in [0.1, 0.15) is 58.3 Å². The average Bonchev–Trinajstić information content (AvgIpc) is 2.87. The minimum absolute atomic E-state index is 0.190. The Morgan fingerprint density at radius 3 is 2.12 bits per heavy atom. The summed E-state index contributed by atoms with van der Waals surface area (Å²) in [4.78, 5) is 36.5. The highest BCUT2D eigenvalue weighted by molar-refractivity contribution is 7.08. The third-order valence-corrected chi connectivity index (χ3v) is 3.30. The summed E-state index contributed by atoms with van der Waals surface area (Å²) < 4.78 is 10.4. The van der Waals surface area contributed by atoms with E-state index in [4.69, 9.17) is 9.47 Å². The lowest BCUT2D eigenvalue weighted by Gasteiger charge is -2.26.